The second kappa shape index (κ2) is 6.70. The molecule has 6 nitrogen and oxygen atoms in total. The van der Waals surface area contributed by atoms with Crippen LogP contribution in [-0.2, 0) is 9.53 Å². The first kappa shape index (κ1) is 16.6. The lowest BCUT2D eigenvalue weighted by Crippen LogP contribution is -2.41. The van der Waals surface area contributed by atoms with E-state index in [2.05, 4.69) is 4.98 Å². The molecule has 1 fully saturated rings. The molecule has 0 saturated carbocycles. The molecular formula is C17H18N2O4S. The van der Waals surface area contributed by atoms with Gasteiger partial charge >= 0.3 is 5.97 Å². The van der Waals surface area contributed by atoms with E-state index in [1.807, 2.05) is 16.8 Å². The Morgan fingerprint density at radius 3 is 2.75 bits per heavy atom. The van der Waals surface area contributed by atoms with Crippen molar-refractivity contribution in [2.24, 2.45) is 0 Å². The molecule has 2 aromatic rings. The second-order valence-electron chi connectivity index (χ2n) is 5.75. The second-order valence-corrected chi connectivity index (χ2v) is 6.53. The normalized spacial score (nSPS) is 20.3. The predicted octanol–water partition coefficient (Wildman–Crippen LogP) is 2.43. The molecule has 2 atom stereocenters. The summed E-state index contributed by atoms with van der Waals surface area (Å²) in [5, 5.41) is 13.3. The third-order valence-corrected chi connectivity index (χ3v) is 4.96. The van der Waals surface area contributed by atoms with Gasteiger partial charge in [0.1, 0.15) is 6.04 Å². The molecule has 3 heterocycles. The number of carboxylic acids is 1. The highest BCUT2D eigenvalue weighted by Crippen LogP contribution is 2.25. The van der Waals surface area contributed by atoms with E-state index in [1.165, 1.54) is 12.0 Å². The molecule has 1 aliphatic rings. The first-order valence-electron chi connectivity index (χ1n) is 7.58. The van der Waals surface area contributed by atoms with Crippen molar-refractivity contribution in [3.8, 4) is 11.3 Å². The summed E-state index contributed by atoms with van der Waals surface area (Å²) in [6, 6.07) is 4.62. The maximum atomic E-state index is 12.8. The van der Waals surface area contributed by atoms with Gasteiger partial charge in [-0.2, -0.15) is 11.3 Å². The third kappa shape index (κ3) is 3.05. The highest BCUT2D eigenvalue weighted by atomic mass is 32.1. The van der Waals surface area contributed by atoms with E-state index in [0.29, 0.717) is 17.7 Å². The van der Waals surface area contributed by atoms with Crippen LogP contribution >= 0.6 is 11.3 Å². The zero-order chi connectivity index (χ0) is 17.3. The van der Waals surface area contributed by atoms with Crippen LogP contribution in [0.1, 0.15) is 22.5 Å². The first-order chi connectivity index (χ1) is 11.5. The van der Waals surface area contributed by atoms with E-state index >= 15 is 0 Å². The molecule has 0 aromatic carbocycles. The van der Waals surface area contributed by atoms with E-state index in [-0.39, 0.29) is 18.6 Å². The summed E-state index contributed by atoms with van der Waals surface area (Å²) < 4.78 is 5.23. The summed E-state index contributed by atoms with van der Waals surface area (Å²) in [7, 11) is 1.53. The summed E-state index contributed by atoms with van der Waals surface area (Å²) in [6.07, 6.45) is 0.0465. The Bertz CT molecular complexity index is 760. The minimum absolute atomic E-state index is 0.256. The number of aryl methyl sites for hydroxylation is 1. The summed E-state index contributed by atoms with van der Waals surface area (Å²) in [6.45, 7) is 2.04. The van der Waals surface area contributed by atoms with Crippen LogP contribution in [0.4, 0.5) is 0 Å². The number of likely N-dealkylation sites (tertiary alicyclic amines) is 1. The Labute approximate surface area is 143 Å². The maximum absolute atomic E-state index is 12.8. The van der Waals surface area contributed by atoms with Crippen LogP contribution in [0.25, 0.3) is 11.3 Å². The smallest absolute Gasteiger partial charge is 0.326 e. The van der Waals surface area contributed by atoms with Crippen LogP contribution in [-0.4, -0.2) is 52.7 Å². The lowest BCUT2D eigenvalue weighted by atomic mass is 10.1. The van der Waals surface area contributed by atoms with Crippen molar-refractivity contribution in [2.75, 3.05) is 13.7 Å². The molecule has 0 aliphatic carbocycles. The topological polar surface area (TPSA) is 79.7 Å². The lowest BCUT2D eigenvalue weighted by molar-refractivity contribution is -0.141. The van der Waals surface area contributed by atoms with Gasteiger partial charge in [-0.05, 0) is 30.5 Å². The molecule has 24 heavy (non-hydrogen) atoms. The number of thiophene rings is 1. The largest absolute Gasteiger partial charge is 0.480 e. The van der Waals surface area contributed by atoms with Crippen molar-refractivity contribution in [3.63, 3.8) is 0 Å². The van der Waals surface area contributed by atoms with Crippen LogP contribution < -0.4 is 0 Å². The predicted molar refractivity (Wildman–Crippen MR) is 90.2 cm³/mol. The van der Waals surface area contributed by atoms with Crippen LogP contribution in [0, 0.1) is 6.92 Å². The van der Waals surface area contributed by atoms with Crippen LogP contribution in [0.2, 0.25) is 0 Å². The number of carboxylic acid groups (broad SMARTS) is 1. The van der Waals surface area contributed by atoms with Crippen LogP contribution in [0.5, 0.6) is 0 Å². The molecule has 1 aliphatic heterocycles. The summed E-state index contributed by atoms with van der Waals surface area (Å²) in [4.78, 5) is 30.1. The number of pyridine rings is 1. The minimum Gasteiger partial charge on any atom is -0.480 e. The number of aliphatic carboxylic acids is 1. The van der Waals surface area contributed by atoms with Crippen molar-refractivity contribution >= 4 is 23.2 Å². The number of nitrogens with zero attached hydrogens (tertiary/aromatic N) is 2. The van der Waals surface area contributed by atoms with E-state index in [4.69, 9.17) is 4.74 Å². The number of aromatic nitrogens is 1. The number of ether oxygens (including phenoxy) is 1. The van der Waals surface area contributed by atoms with Gasteiger partial charge in [0.15, 0.2) is 0 Å². The molecule has 0 radical (unpaired) electrons. The van der Waals surface area contributed by atoms with E-state index in [0.717, 1.165) is 11.3 Å². The average molecular weight is 346 g/mol. The number of hydrogen-bond donors (Lipinski definition) is 1. The zero-order valence-electron chi connectivity index (χ0n) is 13.4. The van der Waals surface area contributed by atoms with Crippen molar-refractivity contribution < 1.29 is 19.4 Å². The minimum atomic E-state index is -1.01. The zero-order valence-corrected chi connectivity index (χ0v) is 14.2. The number of hydrogen-bond acceptors (Lipinski definition) is 5. The third-order valence-electron chi connectivity index (χ3n) is 4.28. The Kier molecular flexibility index (Phi) is 4.64. The Morgan fingerprint density at radius 1 is 1.38 bits per heavy atom. The van der Waals surface area contributed by atoms with Gasteiger partial charge in [-0.25, -0.2) is 4.79 Å². The molecule has 1 N–H and O–H groups in total. The quantitative estimate of drug-likeness (QED) is 0.920. The molecule has 1 amide bonds. The highest BCUT2D eigenvalue weighted by Gasteiger charge is 2.40. The number of carbonyl (C=O) groups is 2. The van der Waals surface area contributed by atoms with Gasteiger partial charge in [0.2, 0.25) is 0 Å². The fourth-order valence-corrected chi connectivity index (χ4v) is 3.59. The monoisotopic (exact) mass is 346 g/mol. The highest BCUT2D eigenvalue weighted by molar-refractivity contribution is 7.08. The van der Waals surface area contributed by atoms with Gasteiger partial charge in [0.25, 0.3) is 5.91 Å². The number of methoxy groups -OCH3 is 1. The van der Waals surface area contributed by atoms with Gasteiger partial charge in [0.05, 0.1) is 23.1 Å². The van der Waals surface area contributed by atoms with Gasteiger partial charge < -0.3 is 14.7 Å². The summed E-state index contributed by atoms with van der Waals surface area (Å²) in [5.41, 5.74) is 2.83. The van der Waals surface area contributed by atoms with E-state index in [1.54, 1.807) is 30.4 Å². The fourth-order valence-electron chi connectivity index (χ4n) is 2.94. The molecule has 0 bridgehead atoms. The van der Waals surface area contributed by atoms with E-state index < -0.39 is 12.0 Å². The Morgan fingerprint density at radius 2 is 2.17 bits per heavy atom. The Balaban J connectivity index is 1.88. The van der Waals surface area contributed by atoms with Crippen molar-refractivity contribution in [3.05, 3.63) is 40.2 Å². The number of carbonyl (C=O) groups excluding carboxylic acids is 1. The number of rotatable bonds is 4. The molecule has 0 spiro atoms. The molecule has 126 valence electrons. The van der Waals surface area contributed by atoms with Crippen LogP contribution in [0.3, 0.4) is 0 Å². The van der Waals surface area contributed by atoms with Crippen molar-refractivity contribution in [1.29, 1.82) is 0 Å². The Hall–Kier alpha value is -2.25. The fraction of sp³-hybridized carbons (Fsp3) is 0.353. The molecule has 7 heteroatoms. The van der Waals surface area contributed by atoms with Crippen LogP contribution in [0.15, 0.2) is 29.0 Å². The SMILES string of the molecule is COC1CC(C(=O)O)N(C(=O)c2ccc(-c3ccsc3)nc2C)C1. The van der Waals surface area contributed by atoms with E-state index in [9.17, 15) is 14.7 Å². The molecular weight excluding hydrogens is 328 g/mol. The summed E-state index contributed by atoms with van der Waals surface area (Å²) in [5.74, 6) is -1.33. The lowest BCUT2D eigenvalue weighted by Gasteiger charge is -2.22. The standard InChI is InChI=1S/C17H18N2O4S/c1-10-13(3-4-14(18-10)11-5-6-24-9-11)16(20)19-8-12(23-2)7-15(19)17(21)22/h3-6,9,12,15H,7-8H2,1-2H3,(H,21,22). The van der Waals surface area contributed by atoms with Crippen molar-refractivity contribution in [1.82, 2.24) is 9.88 Å². The summed E-state index contributed by atoms with van der Waals surface area (Å²) >= 11 is 1.58. The van der Waals surface area contributed by atoms with Gasteiger partial charge in [-0.1, -0.05) is 0 Å². The molecule has 2 unspecified atom stereocenters. The number of amides is 1. The van der Waals surface area contributed by atoms with Gasteiger partial charge in [-0.3, -0.25) is 9.78 Å². The average Bonchev–Trinajstić information content (AvgIpc) is 3.23. The molecule has 2 aromatic heterocycles. The maximum Gasteiger partial charge on any atom is 0.326 e. The first-order valence-corrected chi connectivity index (χ1v) is 8.52. The molecule has 3 rings (SSSR count). The molecule has 1 saturated heterocycles. The van der Waals surface area contributed by atoms with Crippen molar-refractivity contribution in [2.45, 2.75) is 25.5 Å². The van der Waals surface area contributed by atoms with Gasteiger partial charge in [0, 0.05) is 31.0 Å². The van der Waals surface area contributed by atoms with Gasteiger partial charge in [-0.15, -0.1) is 0 Å².